The predicted octanol–water partition coefficient (Wildman–Crippen LogP) is 1.90. The van der Waals surface area contributed by atoms with Crippen LogP contribution >= 0.6 is 0 Å². The average Bonchev–Trinajstić information content (AvgIpc) is 3.15. The van der Waals surface area contributed by atoms with Crippen molar-refractivity contribution in [1.82, 2.24) is 10.2 Å². The summed E-state index contributed by atoms with van der Waals surface area (Å²) in [7, 11) is 0. The van der Waals surface area contributed by atoms with Crippen LogP contribution in [0.5, 0.6) is 0 Å². The minimum Gasteiger partial charge on any atom is -0.459 e. The van der Waals surface area contributed by atoms with Crippen molar-refractivity contribution in [2.75, 3.05) is 26.2 Å². The summed E-state index contributed by atoms with van der Waals surface area (Å²) in [4.78, 5) is 14.5. The molecule has 1 aliphatic heterocycles. The van der Waals surface area contributed by atoms with Crippen molar-refractivity contribution in [2.24, 2.45) is 5.92 Å². The van der Waals surface area contributed by atoms with Crippen LogP contribution in [-0.4, -0.2) is 49.2 Å². The smallest absolute Gasteiger partial charge is 0.286 e. The predicted molar refractivity (Wildman–Crippen MR) is 79.2 cm³/mol. The molecular formula is C16H24N2O3. The standard InChI is InChI=1S/C16H24N2O3/c1-2-7-18-8-10-21-15-12(5-6-13(15)18)11-17-16(19)14-4-3-9-20-14/h3-4,9,12-13,15H,2,5-8,10-11H2,1H3,(H,17,19)/t12-,13+,15-/m1/s1. The molecule has 5 nitrogen and oxygen atoms in total. The molecule has 2 fully saturated rings. The van der Waals surface area contributed by atoms with E-state index in [1.807, 2.05) is 0 Å². The van der Waals surface area contributed by atoms with E-state index in [2.05, 4.69) is 17.1 Å². The maximum Gasteiger partial charge on any atom is 0.286 e. The van der Waals surface area contributed by atoms with Gasteiger partial charge in [0.05, 0.1) is 19.0 Å². The minimum atomic E-state index is -0.135. The van der Waals surface area contributed by atoms with E-state index in [9.17, 15) is 4.79 Å². The second-order valence-electron chi connectivity index (χ2n) is 5.96. The zero-order valence-electron chi connectivity index (χ0n) is 12.6. The van der Waals surface area contributed by atoms with Gasteiger partial charge in [0.2, 0.25) is 0 Å². The number of ether oxygens (including phenoxy) is 1. The highest BCUT2D eigenvalue weighted by Crippen LogP contribution is 2.34. The Labute approximate surface area is 125 Å². The van der Waals surface area contributed by atoms with Crippen molar-refractivity contribution < 1.29 is 13.9 Å². The van der Waals surface area contributed by atoms with Crippen molar-refractivity contribution >= 4 is 5.91 Å². The molecule has 3 rings (SSSR count). The van der Waals surface area contributed by atoms with Gasteiger partial charge < -0.3 is 14.5 Å². The average molecular weight is 292 g/mol. The van der Waals surface area contributed by atoms with Gasteiger partial charge in [0.1, 0.15) is 0 Å². The second kappa shape index (κ2) is 6.62. The molecule has 1 saturated carbocycles. The fourth-order valence-electron chi connectivity index (χ4n) is 3.64. The Balaban J connectivity index is 1.54. The number of hydrogen-bond donors (Lipinski definition) is 1. The molecule has 0 unspecified atom stereocenters. The number of carbonyl (C=O) groups excluding carboxylic acids is 1. The molecule has 116 valence electrons. The first kappa shape index (κ1) is 14.6. The molecule has 0 bridgehead atoms. The van der Waals surface area contributed by atoms with Gasteiger partial charge in [0, 0.05) is 25.0 Å². The molecule has 0 aromatic carbocycles. The van der Waals surface area contributed by atoms with Crippen molar-refractivity contribution in [3.8, 4) is 0 Å². The van der Waals surface area contributed by atoms with E-state index in [0.717, 1.165) is 26.1 Å². The van der Waals surface area contributed by atoms with Crippen LogP contribution in [0.15, 0.2) is 22.8 Å². The highest BCUT2D eigenvalue weighted by atomic mass is 16.5. The van der Waals surface area contributed by atoms with Crippen molar-refractivity contribution in [3.63, 3.8) is 0 Å². The molecule has 21 heavy (non-hydrogen) atoms. The highest BCUT2D eigenvalue weighted by Gasteiger charge is 2.42. The highest BCUT2D eigenvalue weighted by molar-refractivity contribution is 5.91. The topological polar surface area (TPSA) is 54.7 Å². The summed E-state index contributed by atoms with van der Waals surface area (Å²) < 4.78 is 11.1. The molecule has 3 atom stereocenters. The summed E-state index contributed by atoms with van der Waals surface area (Å²) >= 11 is 0. The molecule has 1 N–H and O–H groups in total. The molecule has 0 radical (unpaired) electrons. The van der Waals surface area contributed by atoms with Crippen LogP contribution in [0.3, 0.4) is 0 Å². The lowest BCUT2D eigenvalue weighted by Crippen LogP contribution is -2.51. The summed E-state index contributed by atoms with van der Waals surface area (Å²) in [5, 5.41) is 2.98. The third kappa shape index (κ3) is 3.14. The molecular weight excluding hydrogens is 268 g/mol. The Morgan fingerprint density at radius 1 is 1.48 bits per heavy atom. The lowest BCUT2D eigenvalue weighted by Gasteiger charge is -2.39. The molecule has 0 spiro atoms. The first-order chi connectivity index (χ1) is 10.3. The van der Waals surface area contributed by atoms with Crippen LogP contribution in [0.2, 0.25) is 0 Å². The van der Waals surface area contributed by atoms with Gasteiger partial charge >= 0.3 is 0 Å². The first-order valence-electron chi connectivity index (χ1n) is 7.97. The fourth-order valence-corrected chi connectivity index (χ4v) is 3.64. The van der Waals surface area contributed by atoms with Gasteiger partial charge in [0.25, 0.3) is 5.91 Å². The summed E-state index contributed by atoms with van der Waals surface area (Å²) in [6.07, 6.45) is 5.26. The van der Waals surface area contributed by atoms with Crippen LogP contribution in [0.25, 0.3) is 0 Å². The minimum absolute atomic E-state index is 0.135. The van der Waals surface area contributed by atoms with Crippen LogP contribution < -0.4 is 5.32 Å². The number of amides is 1. The number of hydrogen-bond acceptors (Lipinski definition) is 4. The summed E-state index contributed by atoms with van der Waals surface area (Å²) in [5.41, 5.74) is 0. The maximum atomic E-state index is 11.9. The maximum absolute atomic E-state index is 11.9. The van der Waals surface area contributed by atoms with Gasteiger partial charge in [-0.1, -0.05) is 6.92 Å². The van der Waals surface area contributed by atoms with E-state index in [1.165, 1.54) is 19.1 Å². The monoisotopic (exact) mass is 292 g/mol. The Kier molecular flexibility index (Phi) is 4.60. The Bertz CT molecular complexity index is 458. The molecule has 1 amide bonds. The van der Waals surface area contributed by atoms with E-state index >= 15 is 0 Å². The molecule has 2 heterocycles. The molecule has 1 saturated heterocycles. The van der Waals surface area contributed by atoms with E-state index in [4.69, 9.17) is 9.15 Å². The normalized spacial score (nSPS) is 29.3. The van der Waals surface area contributed by atoms with Crippen LogP contribution in [0.4, 0.5) is 0 Å². The molecule has 1 aromatic heterocycles. The molecule has 2 aliphatic rings. The third-order valence-corrected chi connectivity index (χ3v) is 4.62. The van der Waals surface area contributed by atoms with Crippen molar-refractivity contribution in [1.29, 1.82) is 0 Å². The SMILES string of the molecule is CCCN1CCO[C@@H]2[C@@H](CNC(=O)c3ccco3)CC[C@@H]21. The number of nitrogens with zero attached hydrogens (tertiary/aromatic N) is 1. The zero-order chi connectivity index (χ0) is 14.7. The van der Waals surface area contributed by atoms with E-state index in [0.29, 0.717) is 24.3 Å². The molecule has 5 heteroatoms. The van der Waals surface area contributed by atoms with Gasteiger partial charge in [0.15, 0.2) is 5.76 Å². The molecule has 1 aromatic rings. The van der Waals surface area contributed by atoms with Gasteiger partial charge in [-0.15, -0.1) is 0 Å². The lowest BCUT2D eigenvalue weighted by atomic mass is 10.0. The Morgan fingerprint density at radius 2 is 2.38 bits per heavy atom. The summed E-state index contributed by atoms with van der Waals surface area (Å²) in [6, 6.07) is 3.95. The number of fused-ring (bicyclic) bond motifs is 1. The summed E-state index contributed by atoms with van der Waals surface area (Å²) in [5.74, 6) is 0.653. The number of nitrogens with one attached hydrogen (secondary N) is 1. The summed E-state index contributed by atoms with van der Waals surface area (Å²) in [6.45, 7) is 5.89. The number of carbonyl (C=O) groups is 1. The van der Waals surface area contributed by atoms with Crippen molar-refractivity contribution in [2.45, 2.75) is 38.3 Å². The number of rotatable bonds is 5. The third-order valence-electron chi connectivity index (χ3n) is 4.62. The van der Waals surface area contributed by atoms with Crippen molar-refractivity contribution in [3.05, 3.63) is 24.2 Å². The second-order valence-corrected chi connectivity index (χ2v) is 5.96. The largest absolute Gasteiger partial charge is 0.459 e. The van der Waals surface area contributed by atoms with Crippen LogP contribution in [0.1, 0.15) is 36.7 Å². The number of morpholine rings is 1. The van der Waals surface area contributed by atoms with E-state index < -0.39 is 0 Å². The van der Waals surface area contributed by atoms with Crippen LogP contribution in [-0.2, 0) is 4.74 Å². The van der Waals surface area contributed by atoms with E-state index in [-0.39, 0.29) is 12.0 Å². The van der Waals surface area contributed by atoms with E-state index in [1.54, 1.807) is 12.1 Å². The molecule has 1 aliphatic carbocycles. The van der Waals surface area contributed by atoms with Crippen LogP contribution in [0, 0.1) is 5.92 Å². The Morgan fingerprint density at radius 3 is 3.14 bits per heavy atom. The quantitative estimate of drug-likeness (QED) is 0.900. The van der Waals surface area contributed by atoms with Gasteiger partial charge in [-0.25, -0.2) is 0 Å². The van der Waals surface area contributed by atoms with Gasteiger partial charge in [-0.2, -0.15) is 0 Å². The number of furan rings is 1. The first-order valence-corrected chi connectivity index (χ1v) is 7.97. The Hall–Kier alpha value is -1.33. The van der Waals surface area contributed by atoms with Gasteiger partial charge in [-0.05, 0) is 37.9 Å². The van der Waals surface area contributed by atoms with Gasteiger partial charge in [-0.3, -0.25) is 9.69 Å². The zero-order valence-corrected chi connectivity index (χ0v) is 12.6. The lowest BCUT2D eigenvalue weighted by molar-refractivity contribution is -0.0725. The fraction of sp³-hybridized carbons (Fsp3) is 0.688.